The number of nitrogens with zero attached hydrogens (tertiary/aromatic N) is 3. The van der Waals surface area contributed by atoms with Gasteiger partial charge in [-0.2, -0.15) is 26.3 Å². The molecule has 39 heavy (non-hydrogen) atoms. The Kier molecular flexibility index (Phi) is 8.52. The zero-order chi connectivity index (χ0) is 28.6. The number of carbonyl (C=O) groups excluding carboxylic acids is 1. The van der Waals surface area contributed by atoms with Crippen LogP contribution in [0.5, 0.6) is 0 Å². The molecule has 0 radical (unpaired) electrons. The summed E-state index contributed by atoms with van der Waals surface area (Å²) in [6, 6.07) is 3.35. The first-order valence-corrected chi connectivity index (χ1v) is 13.3. The van der Waals surface area contributed by atoms with Crippen molar-refractivity contribution in [1.82, 2.24) is 20.2 Å². The van der Waals surface area contributed by atoms with Crippen LogP contribution in [0.1, 0.15) is 74.3 Å². The van der Waals surface area contributed by atoms with E-state index < -0.39 is 35.4 Å². The van der Waals surface area contributed by atoms with E-state index in [2.05, 4.69) is 20.2 Å². The van der Waals surface area contributed by atoms with Crippen LogP contribution in [0.3, 0.4) is 0 Å². The summed E-state index contributed by atoms with van der Waals surface area (Å²) < 4.78 is 79.4. The average molecular weight is 577 g/mol. The average Bonchev–Trinajstić information content (AvgIpc) is 3.33. The summed E-state index contributed by atoms with van der Waals surface area (Å²) in [5.74, 6) is -0.123. The van der Waals surface area contributed by atoms with E-state index in [9.17, 15) is 31.1 Å². The van der Waals surface area contributed by atoms with Crippen LogP contribution in [-0.2, 0) is 23.7 Å². The van der Waals surface area contributed by atoms with Gasteiger partial charge in [0, 0.05) is 24.2 Å². The molecular formula is C27H31ClF6N4O. The summed E-state index contributed by atoms with van der Waals surface area (Å²) in [6.07, 6.45) is -4.67. The maximum atomic E-state index is 13.4. The van der Waals surface area contributed by atoms with E-state index in [0.717, 1.165) is 38.0 Å². The number of aromatic nitrogens is 2. The molecule has 1 aromatic heterocycles. The molecular weight excluding hydrogens is 546 g/mol. The number of carbonyl (C=O) groups is 1. The van der Waals surface area contributed by atoms with Gasteiger partial charge in [0.2, 0.25) is 5.91 Å². The van der Waals surface area contributed by atoms with E-state index in [1.54, 1.807) is 6.07 Å². The highest BCUT2D eigenvalue weighted by molar-refractivity contribution is 6.29. The minimum absolute atomic E-state index is 0.0598. The Morgan fingerprint density at radius 1 is 1.03 bits per heavy atom. The van der Waals surface area contributed by atoms with Gasteiger partial charge >= 0.3 is 12.4 Å². The molecule has 2 heterocycles. The van der Waals surface area contributed by atoms with Crippen molar-refractivity contribution in [2.24, 2.45) is 11.3 Å². The second kappa shape index (κ2) is 11.2. The fraction of sp³-hybridized carbons (Fsp3) is 0.593. The van der Waals surface area contributed by atoms with Gasteiger partial charge in [-0.3, -0.25) is 4.79 Å². The Labute approximate surface area is 228 Å². The lowest BCUT2D eigenvalue weighted by molar-refractivity contribution is -0.143. The van der Waals surface area contributed by atoms with Gasteiger partial charge in [-0.1, -0.05) is 25.4 Å². The molecule has 0 unspecified atom stereocenters. The van der Waals surface area contributed by atoms with Crippen molar-refractivity contribution in [2.75, 3.05) is 13.1 Å². The highest BCUT2D eigenvalue weighted by atomic mass is 35.5. The van der Waals surface area contributed by atoms with Gasteiger partial charge in [0.25, 0.3) is 0 Å². The monoisotopic (exact) mass is 576 g/mol. The summed E-state index contributed by atoms with van der Waals surface area (Å²) in [6.45, 7) is 5.10. The lowest BCUT2D eigenvalue weighted by Crippen LogP contribution is -2.45. The molecule has 1 saturated heterocycles. The topological polar surface area (TPSA) is 58.1 Å². The zero-order valence-electron chi connectivity index (χ0n) is 21.7. The van der Waals surface area contributed by atoms with Gasteiger partial charge in [-0.25, -0.2) is 9.97 Å². The Morgan fingerprint density at radius 2 is 1.64 bits per heavy atom. The number of piperidine rings is 1. The summed E-state index contributed by atoms with van der Waals surface area (Å²) in [7, 11) is 0. The molecule has 1 amide bonds. The van der Waals surface area contributed by atoms with E-state index in [1.165, 1.54) is 6.33 Å². The molecule has 1 N–H and O–H groups in total. The fourth-order valence-corrected chi connectivity index (χ4v) is 6.12. The number of hydrogen-bond acceptors (Lipinski definition) is 4. The predicted octanol–water partition coefficient (Wildman–Crippen LogP) is 6.86. The van der Waals surface area contributed by atoms with E-state index in [1.807, 2.05) is 13.8 Å². The first-order valence-electron chi connectivity index (χ1n) is 13.0. The van der Waals surface area contributed by atoms with E-state index in [4.69, 9.17) is 11.6 Å². The Balaban J connectivity index is 1.42. The molecule has 2 aromatic rings. The quantitative estimate of drug-likeness (QED) is 0.302. The number of benzene rings is 1. The summed E-state index contributed by atoms with van der Waals surface area (Å²) in [5, 5.41) is 3.07. The number of rotatable bonds is 6. The van der Waals surface area contributed by atoms with Gasteiger partial charge in [0.05, 0.1) is 16.5 Å². The number of nitrogens with one attached hydrogen (secondary N) is 1. The third-order valence-corrected chi connectivity index (χ3v) is 8.51. The molecule has 4 rings (SSSR count). The minimum atomic E-state index is -4.94. The molecule has 2 atom stereocenters. The number of alkyl halides is 6. The van der Waals surface area contributed by atoms with Crippen LogP contribution in [0.25, 0.3) is 0 Å². The van der Waals surface area contributed by atoms with Crippen LogP contribution in [0, 0.1) is 11.3 Å². The standard InChI is InChI=1S/C27H31ClF6N4O/c1-16(2)25(24(39)35-14-17-9-19(26(29,30)31)11-20(10-17)27(32,33)34)6-3-21(13-25)38-7-4-18(5-8-38)22-12-23(28)37-15-36-22/h9-12,15-16,18,21H,3-8,13-14H2,1-2H3,(H,35,39)/t21-,25+/m1/s1. The van der Waals surface area contributed by atoms with Crippen LogP contribution in [0.4, 0.5) is 26.3 Å². The van der Waals surface area contributed by atoms with Crippen molar-refractivity contribution in [3.8, 4) is 0 Å². The first-order chi connectivity index (χ1) is 18.2. The van der Waals surface area contributed by atoms with Crippen molar-refractivity contribution in [3.63, 3.8) is 0 Å². The minimum Gasteiger partial charge on any atom is -0.352 e. The normalized spacial score (nSPS) is 23.4. The van der Waals surface area contributed by atoms with Crippen molar-refractivity contribution in [2.45, 2.75) is 76.8 Å². The number of halogens is 7. The smallest absolute Gasteiger partial charge is 0.352 e. The van der Waals surface area contributed by atoms with Gasteiger partial charge in [0.15, 0.2) is 0 Å². The fourth-order valence-electron chi connectivity index (χ4n) is 5.96. The van der Waals surface area contributed by atoms with Crippen LogP contribution in [-0.4, -0.2) is 39.9 Å². The Hall–Kier alpha value is -2.40. The number of likely N-dealkylation sites (tertiary alicyclic amines) is 1. The summed E-state index contributed by atoms with van der Waals surface area (Å²) >= 11 is 6.01. The van der Waals surface area contributed by atoms with Crippen molar-refractivity contribution >= 4 is 17.5 Å². The van der Waals surface area contributed by atoms with Crippen molar-refractivity contribution < 1.29 is 31.1 Å². The van der Waals surface area contributed by atoms with E-state index >= 15 is 0 Å². The SMILES string of the molecule is CC(C)[C@]1(C(=O)NCc2cc(C(F)(F)F)cc(C(F)(F)F)c2)CC[C@@H](N2CCC(c3cc(Cl)ncn3)CC2)C1. The molecule has 5 nitrogen and oxygen atoms in total. The van der Waals surface area contributed by atoms with Crippen molar-refractivity contribution in [1.29, 1.82) is 0 Å². The highest BCUT2D eigenvalue weighted by Crippen LogP contribution is 2.47. The van der Waals surface area contributed by atoms with Gasteiger partial charge in [0.1, 0.15) is 11.5 Å². The second-order valence-electron chi connectivity index (χ2n) is 10.9. The molecule has 1 saturated carbocycles. The predicted molar refractivity (Wildman–Crippen MR) is 134 cm³/mol. The Morgan fingerprint density at radius 3 is 2.18 bits per heavy atom. The van der Waals surface area contributed by atoms with Gasteiger partial charge < -0.3 is 10.2 Å². The molecule has 2 aliphatic rings. The zero-order valence-corrected chi connectivity index (χ0v) is 22.4. The molecule has 1 aromatic carbocycles. The molecule has 0 bridgehead atoms. The van der Waals surface area contributed by atoms with Crippen molar-refractivity contribution in [3.05, 3.63) is 58.1 Å². The maximum absolute atomic E-state index is 13.4. The first kappa shape index (κ1) is 29.6. The molecule has 0 spiro atoms. The van der Waals surface area contributed by atoms with Crippen LogP contribution in [0.15, 0.2) is 30.6 Å². The molecule has 1 aliphatic carbocycles. The number of hydrogen-bond donors (Lipinski definition) is 1. The lowest BCUT2D eigenvalue weighted by atomic mass is 9.74. The van der Waals surface area contributed by atoms with Crippen LogP contribution in [0.2, 0.25) is 5.15 Å². The van der Waals surface area contributed by atoms with Gasteiger partial charge in [-0.15, -0.1) is 0 Å². The van der Waals surface area contributed by atoms with E-state index in [-0.39, 0.29) is 35.4 Å². The third kappa shape index (κ3) is 6.67. The van der Waals surface area contributed by atoms with Crippen LogP contribution < -0.4 is 5.32 Å². The molecule has 12 heteroatoms. The second-order valence-corrected chi connectivity index (χ2v) is 11.3. The molecule has 214 valence electrons. The number of amides is 1. The summed E-state index contributed by atoms with van der Waals surface area (Å²) in [4.78, 5) is 24.1. The summed E-state index contributed by atoms with van der Waals surface area (Å²) in [5.41, 5.74) is -2.87. The molecule has 2 fully saturated rings. The lowest BCUT2D eigenvalue weighted by Gasteiger charge is -2.38. The largest absolute Gasteiger partial charge is 0.416 e. The Bertz CT molecular complexity index is 1150. The third-order valence-electron chi connectivity index (χ3n) is 8.30. The highest BCUT2D eigenvalue weighted by Gasteiger charge is 2.49. The van der Waals surface area contributed by atoms with Gasteiger partial charge in [-0.05, 0) is 80.9 Å². The van der Waals surface area contributed by atoms with Crippen LogP contribution >= 0.6 is 11.6 Å². The van der Waals surface area contributed by atoms with E-state index in [0.29, 0.717) is 30.1 Å². The molecule has 1 aliphatic heterocycles. The maximum Gasteiger partial charge on any atom is 0.416 e.